The van der Waals surface area contributed by atoms with E-state index in [4.69, 9.17) is 10.8 Å². The molecule has 0 spiro atoms. The van der Waals surface area contributed by atoms with Crippen molar-refractivity contribution >= 4 is 5.78 Å². The van der Waals surface area contributed by atoms with Gasteiger partial charge in [-0.1, -0.05) is 0 Å². The lowest BCUT2D eigenvalue weighted by Gasteiger charge is -2.44. The predicted molar refractivity (Wildman–Crippen MR) is 48.0 cm³/mol. The van der Waals surface area contributed by atoms with Gasteiger partial charge in [0.15, 0.2) is 0 Å². The molecule has 0 radical (unpaired) electrons. The van der Waals surface area contributed by atoms with Crippen molar-refractivity contribution in [3.8, 4) is 0 Å². The van der Waals surface area contributed by atoms with E-state index < -0.39 is 48.7 Å². The highest BCUT2D eigenvalue weighted by Gasteiger charge is 2.62. The third kappa shape index (κ3) is 2.35. The molecule has 0 saturated carbocycles. The van der Waals surface area contributed by atoms with Gasteiger partial charge in [-0.25, -0.2) is 0 Å². The van der Waals surface area contributed by atoms with E-state index >= 15 is 0 Å². The highest BCUT2D eigenvalue weighted by atomic mass is 19.4. The Hall–Kier alpha value is -0.780. The van der Waals surface area contributed by atoms with E-state index in [1.807, 2.05) is 0 Å². The van der Waals surface area contributed by atoms with Gasteiger partial charge >= 0.3 is 6.18 Å². The summed E-state index contributed by atoms with van der Waals surface area (Å²) in [7, 11) is 0. The monoisotopic (exact) mass is 275 g/mol. The van der Waals surface area contributed by atoms with Crippen molar-refractivity contribution in [3.05, 3.63) is 0 Å². The van der Waals surface area contributed by atoms with Gasteiger partial charge in [0.2, 0.25) is 0 Å². The van der Waals surface area contributed by atoms with Crippen molar-refractivity contribution < 1.29 is 43.1 Å². The van der Waals surface area contributed by atoms with Gasteiger partial charge in [0.05, 0.1) is 12.6 Å². The zero-order chi connectivity index (χ0) is 14.3. The lowest BCUT2D eigenvalue weighted by molar-refractivity contribution is -0.310. The average molecular weight is 275 g/mol. The van der Waals surface area contributed by atoms with Crippen LogP contribution in [0.4, 0.5) is 13.2 Å². The zero-order valence-corrected chi connectivity index (χ0v) is 8.83. The molecule has 0 aromatic carbocycles. The van der Waals surface area contributed by atoms with Crippen molar-refractivity contribution in [2.45, 2.75) is 36.3 Å². The van der Waals surface area contributed by atoms with Crippen LogP contribution in [0.15, 0.2) is 0 Å². The molecule has 1 aliphatic heterocycles. The molecule has 0 bridgehead atoms. The minimum atomic E-state index is -5.45. The first-order valence-corrected chi connectivity index (χ1v) is 4.80. The van der Waals surface area contributed by atoms with Crippen LogP contribution in [-0.2, 0) is 9.53 Å². The maximum Gasteiger partial charge on any atom is 0.455 e. The number of ether oxygens (including phenoxy) is 1. The minimum absolute atomic E-state index is 1.02. The van der Waals surface area contributed by atoms with E-state index in [9.17, 15) is 33.3 Å². The van der Waals surface area contributed by atoms with Gasteiger partial charge in [-0.05, 0) is 0 Å². The number of ketones is 1. The molecule has 1 rings (SSSR count). The molecular weight excluding hydrogens is 263 g/mol. The molecule has 1 unspecified atom stereocenters. The zero-order valence-electron chi connectivity index (χ0n) is 8.83. The Kier molecular flexibility index (Phi) is 4.00. The van der Waals surface area contributed by atoms with Gasteiger partial charge in [-0.2, -0.15) is 13.2 Å². The Labute approximate surface area is 98.6 Å². The van der Waals surface area contributed by atoms with Gasteiger partial charge in [0.25, 0.3) is 11.6 Å². The minimum Gasteiger partial charge on any atom is -0.394 e. The number of hydrogen-bond acceptors (Lipinski definition) is 7. The van der Waals surface area contributed by atoms with E-state index in [-0.39, 0.29) is 0 Å². The second-order valence-electron chi connectivity index (χ2n) is 3.87. The van der Waals surface area contributed by atoms with Gasteiger partial charge in [0.1, 0.15) is 18.3 Å². The molecule has 18 heavy (non-hydrogen) atoms. The Balaban J connectivity index is 3.10. The number of carbonyl (C=O) groups excluding carboxylic acids is 1. The summed E-state index contributed by atoms with van der Waals surface area (Å²) in [5.41, 5.74) is 5.07. The van der Waals surface area contributed by atoms with Crippen molar-refractivity contribution in [2.75, 3.05) is 6.61 Å². The van der Waals surface area contributed by atoms with Crippen LogP contribution in [0.3, 0.4) is 0 Å². The summed E-state index contributed by atoms with van der Waals surface area (Å²) in [4.78, 5) is 11.0. The molecule has 0 aromatic rings. The number of nitrogens with two attached hydrogens (primary N) is 1. The number of aliphatic hydroxyl groups is 4. The molecule has 1 saturated heterocycles. The summed E-state index contributed by atoms with van der Waals surface area (Å²) in [6.45, 7) is -1.02. The van der Waals surface area contributed by atoms with Crippen molar-refractivity contribution in [1.82, 2.24) is 0 Å². The third-order valence-electron chi connectivity index (χ3n) is 2.64. The van der Waals surface area contributed by atoms with Crippen LogP contribution in [0.25, 0.3) is 0 Å². The SMILES string of the molecule is N[C@H]1[C@@H](O)[C@H](O)[C@@H](CO)OC1(O)C(=O)C(F)(F)F. The first-order chi connectivity index (χ1) is 8.05. The average Bonchev–Trinajstić information content (AvgIpc) is 2.29. The summed E-state index contributed by atoms with van der Waals surface area (Å²) in [5.74, 6) is -6.27. The molecule has 5 atom stereocenters. The van der Waals surface area contributed by atoms with E-state index in [0.717, 1.165) is 0 Å². The molecule has 0 aromatic heterocycles. The molecule has 1 aliphatic rings. The summed E-state index contributed by atoms with van der Waals surface area (Å²) >= 11 is 0. The van der Waals surface area contributed by atoms with Gasteiger partial charge in [0, 0.05) is 0 Å². The summed E-state index contributed by atoms with van der Waals surface area (Å²) in [5, 5.41) is 36.9. The summed E-state index contributed by atoms with van der Waals surface area (Å²) in [6, 6.07) is -2.20. The Morgan fingerprint density at radius 1 is 1.33 bits per heavy atom. The van der Waals surface area contributed by atoms with Crippen LogP contribution in [0, 0.1) is 0 Å². The van der Waals surface area contributed by atoms with Crippen LogP contribution >= 0.6 is 0 Å². The molecule has 7 nitrogen and oxygen atoms in total. The molecule has 6 N–H and O–H groups in total. The van der Waals surface area contributed by atoms with Gasteiger partial charge in [-0.15, -0.1) is 0 Å². The first kappa shape index (κ1) is 15.3. The molecule has 1 fully saturated rings. The standard InChI is InChI=1S/C8H12F3NO6/c9-8(10,11)6(16)7(17)5(12)4(15)3(14)2(1-13)18-7/h2-5,13-15,17H,1,12H2/t2-,3-,4+,5+,7?/m1/s1. The molecule has 0 amide bonds. The lowest BCUT2D eigenvalue weighted by Crippen LogP contribution is -2.72. The fraction of sp³-hybridized carbons (Fsp3) is 0.875. The molecular formula is C8H12F3NO6. The van der Waals surface area contributed by atoms with Gasteiger partial charge < -0.3 is 30.9 Å². The van der Waals surface area contributed by atoms with Crippen molar-refractivity contribution in [3.63, 3.8) is 0 Å². The Bertz CT molecular complexity index is 335. The Morgan fingerprint density at radius 2 is 1.83 bits per heavy atom. The van der Waals surface area contributed by atoms with E-state index in [1.54, 1.807) is 0 Å². The van der Waals surface area contributed by atoms with E-state index in [2.05, 4.69) is 4.74 Å². The summed E-state index contributed by atoms with van der Waals surface area (Å²) < 4.78 is 41.1. The molecule has 1 heterocycles. The second-order valence-corrected chi connectivity index (χ2v) is 3.87. The number of carbonyl (C=O) groups is 1. The largest absolute Gasteiger partial charge is 0.455 e. The van der Waals surface area contributed by atoms with E-state index in [0.29, 0.717) is 0 Å². The molecule has 0 aliphatic carbocycles. The van der Waals surface area contributed by atoms with Crippen LogP contribution in [0.5, 0.6) is 0 Å². The smallest absolute Gasteiger partial charge is 0.394 e. The van der Waals surface area contributed by atoms with E-state index in [1.165, 1.54) is 0 Å². The molecule has 10 heteroatoms. The summed E-state index contributed by atoms with van der Waals surface area (Å²) in [6.07, 6.45) is -11.1. The van der Waals surface area contributed by atoms with Crippen LogP contribution in [0.2, 0.25) is 0 Å². The third-order valence-corrected chi connectivity index (χ3v) is 2.64. The first-order valence-electron chi connectivity index (χ1n) is 4.80. The van der Waals surface area contributed by atoms with Gasteiger partial charge in [-0.3, -0.25) is 4.79 Å². The van der Waals surface area contributed by atoms with Crippen molar-refractivity contribution in [1.29, 1.82) is 0 Å². The highest BCUT2D eigenvalue weighted by Crippen LogP contribution is 2.33. The predicted octanol–water partition coefficient (Wildman–Crippen LogP) is -2.75. The maximum absolute atomic E-state index is 12.3. The fourth-order valence-electron chi connectivity index (χ4n) is 1.60. The number of rotatable bonds is 2. The maximum atomic E-state index is 12.3. The number of halogens is 3. The second kappa shape index (κ2) is 4.72. The topological polar surface area (TPSA) is 133 Å². The number of alkyl halides is 3. The van der Waals surface area contributed by atoms with Crippen LogP contribution in [-0.4, -0.2) is 69.1 Å². The van der Waals surface area contributed by atoms with Crippen LogP contribution < -0.4 is 5.73 Å². The molecule has 106 valence electrons. The lowest BCUT2D eigenvalue weighted by atomic mass is 9.88. The fourth-order valence-corrected chi connectivity index (χ4v) is 1.60. The van der Waals surface area contributed by atoms with Crippen molar-refractivity contribution in [2.24, 2.45) is 5.73 Å². The number of hydrogen-bond donors (Lipinski definition) is 5. The number of Topliss-reactive ketones (excluding diaryl/α,β-unsaturated/α-hetero) is 1. The Morgan fingerprint density at radius 3 is 2.22 bits per heavy atom. The highest BCUT2D eigenvalue weighted by molar-refractivity contribution is 5.91. The quantitative estimate of drug-likeness (QED) is 0.369. The normalized spacial score (nSPS) is 41.8. The number of aliphatic hydroxyl groups excluding tert-OH is 3. The van der Waals surface area contributed by atoms with Crippen LogP contribution in [0.1, 0.15) is 0 Å².